The maximum atomic E-state index is 13.0. The summed E-state index contributed by atoms with van der Waals surface area (Å²) in [5.41, 5.74) is 1.08. The van der Waals surface area contributed by atoms with Crippen LogP contribution in [0.15, 0.2) is 54.6 Å². The lowest BCUT2D eigenvalue weighted by atomic mass is 10.1. The van der Waals surface area contributed by atoms with Crippen molar-refractivity contribution in [2.24, 2.45) is 0 Å². The fraction of sp³-hybridized carbons (Fsp3) is 0.348. The Morgan fingerprint density at radius 1 is 1.07 bits per heavy atom. The van der Waals surface area contributed by atoms with E-state index in [1.54, 1.807) is 55.6 Å². The van der Waals surface area contributed by atoms with Gasteiger partial charge in [0.1, 0.15) is 12.3 Å². The van der Waals surface area contributed by atoms with Crippen LogP contribution < -0.4 is 10.1 Å². The third kappa shape index (κ3) is 5.83. The zero-order valence-electron chi connectivity index (χ0n) is 17.0. The molecular weight excluding hydrogens is 384 g/mol. The van der Waals surface area contributed by atoms with Crippen LogP contribution >= 0.6 is 0 Å². The molecular formula is C23H26N2O5. The fourth-order valence-electron chi connectivity index (χ4n) is 3.34. The Kier molecular flexibility index (Phi) is 7.43. The normalized spacial score (nSPS) is 15.1. The number of benzene rings is 2. The number of esters is 1. The van der Waals surface area contributed by atoms with Crippen molar-refractivity contribution in [2.75, 3.05) is 25.5 Å². The third-order valence-corrected chi connectivity index (χ3v) is 4.92. The molecule has 1 saturated heterocycles. The molecule has 158 valence electrons. The highest BCUT2D eigenvalue weighted by atomic mass is 16.5. The molecule has 1 heterocycles. The van der Waals surface area contributed by atoms with Crippen LogP contribution in [0.2, 0.25) is 0 Å². The summed E-state index contributed by atoms with van der Waals surface area (Å²) in [6, 6.07) is 15.7. The largest absolute Gasteiger partial charge is 0.497 e. The molecule has 2 aromatic carbocycles. The van der Waals surface area contributed by atoms with Gasteiger partial charge in [0, 0.05) is 30.3 Å². The third-order valence-electron chi connectivity index (χ3n) is 4.92. The lowest BCUT2D eigenvalue weighted by molar-refractivity contribution is -0.157. The number of amides is 2. The van der Waals surface area contributed by atoms with E-state index in [1.165, 1.54) is 4.90 Å². The molecule has 3 rings (SSSR count). The Morgan fingerprint density at radius 3 is 2.63 bits per heavy atom. The van der Waals surface area contributed by atoms with Gasteiger partial charge < -0.3 is 19.7 Å². The van der Waals surface area contributed by atoms with Crippen LogP contribution in [0.25, 0.3) is 0 Å². The SMILES string of the molecule is COc1cccc(NC(=O)C(OC(=O)CN2CCCCCC2=O)c2ccccc2)c1. The van der Waals surface area contributed by atoms with E-state index in [9.17, 15) is 14.4 Å². The highest BCUT2D eigenvalue weighted by Gasteiger charge is 2.27. The maximum absolute atomic E-state index is 13.0. The van der Waals surface area contributed by atoms with Gasteiger partial charge in [0.15, 0.2) is 0 Å². The molecule has 0 aliphatic carbocycles. The van der Waals surface area contributed by atoms with E-state index < -0.39 is 18.0 Å². The molecule has 1 atom stereocenters. The van der Waals surface area contributed by atoms with Gasteiger partial charge in [-0.05, 0) is 25.0 Å². The highest BCUT2D eigenvalue weighted by Crippen LogP contribution is 2.23. The van der Waals surface area contributed by atoms with E-state index in [2.05, 4.69) is 5.32 Å². The average molecular weight is 410 g/mol. The molecule has 0 aromatic heterocycles. The van der Waals surface area contributed by atoms with Gasteiger partial charge in [-0.3, -0.25) is 14.4 Å². The summed E-state index contributed by atoms with van der Waals surface area (Å²) in [5, 5.41) is 2.77. The molecule has 0 bridgehead atoms. The van der Waals surface area contributed by atoms with Gasteiger partial charge in [0.2, 0.25) is 12.0 Å². The molecule has 7 heteroatoms. The van der Waals surface area contributed by atoms with E-state index >= 15 is 0 Å². The lowest BCUT2D eigenvalue weighted by Gasteiger charge is -2.22. The van der Waals surface area contributed by atoms with Crippen molar-refractivity contribution in [3.8, 4) is 5.75 Å². The van der Waals surface area contributed by atoms with E-state index in [0.717, 1.165) is 19.3 Å². The van der Waals surface area contributed by atoms with Crippen molar-refractivity contribution in [3.05, 3.63) is 60.2 Å². The summed E-state index contributed by atoms with van der Waals surface area (Å²) in [5.74, 6) is -0.549. The topological polar surface area (TPSA) is 84.9 Å². The maximum Gasteiger partial charge on any atom is 0.326 e. The number of nitrogens with zero attached hydrogens (tertiary/aromatic N) is 1. The summed E-state index contributed by atoms with van der Waals surface area (Å²) >= 11 is 0. The molecule has 0 spiro atoms. The second kappa shape index (κ2) is 10.4. The fourth-order valence-corrected chi connectivity index (χ4v) is 3.34. The van der Waals surface area contributed by atoms with Gasteiger partial charge in [-0.2, -0.15) is 0 Å². The predicted molar refractivity (Wildman–Crippen MR) is 112 cm³/mol. The number of ether oxygens (including phenoxy) is 2. The summed E-state index contributed by atoms with van der Waals surface area (Å²) in [7, 11) is 1.54. The Labute approximate surface area is 176 Å². The first-order chi connectivity index (χ1) is 14.6. The number of nitrogens with one attached hydrogen (secondary N) is 1. The average Bonchev–Trinajstić information content (AvgIpc) is 2.96. The smallest absolute Gasteiger partial charge is 0.326 e. The van der Waals surface area contributed by atoms with Crippen molar-refractivity contribution in [3.63, 3.8) is 0 Å². The summed E-state index contributed by atoms with van der Waals surface area (Å²) in [6.07, 6.45) is 1.96. The standard InChI is InChI=1S/C23H26N2O5/c1-29-19-12-8-11-18(15-19)24-23(28)22(17-9-4-2-5-10-17)30-21(27)16-25-14-7-3-6-13-20(25)26/h2,4-5,8-12,15,22H,3,6-7,13-14,16H2,1H3,(H,24,28). The zero-order chi connectivity index (χ0) is 21.3. The highest BCUT2D eigenvalue weighted by molar-refractivity contribution is 5.96. The Bertz CT molecular complexity index is 884. The molecule has 1 fully saturated rings. The second-order valence-electron chi connectivity index (χ2n) is 7.13. The minimum atomic E-state index is -1.13. The van der Waals surface area contributed by atoms with Crippen LogP contribution in [0.1, 0.15) is 37.4 Å². The van der Waals surface area contributed by atoms with E-state index in [4.69, 9.17) is 9.47 Å². The van der Waals surface area contributed by atoms with E-state index in [1.807, 2.05) is 6.07 Å². The van der Waals surface area contributed by atoms with Crippen LogP contribution in [-0.2, 0) is 19.1 Å². The van der Waals surface area contributed by atoms with Crippen molar-refractivity contribution >= 4 is 23.5 Å². The summed E-state index contributed by atoms with van der Waals surface area (Å²) in [4.78, 5) is 39.2. The lowest BCUT2D eigenvalue weighted by Crippen LogP contribution is -2.37. The molecule has 2 amide bonds. The van der Waals surface area contributed by atoms with Gasteiger partial charge in [-0.25, -0.2) is 0 Å². The first-order valence-corrected chi connectivity index (χ1v) is 10.0. The molecule has 0 saturated carbocycles. The van der Waals surface area contributed by atoms with Gasteiger partial charge in [-0.1, -0.05) is 42.8 Å². The number of methoxy groups -OCH3 is 1. The first-order valence-electron chi connectivity index (χ1n) is 10.0. The number of rotatable bonds is 7. The molecule has 7 nitrogen and oxygen atoms in total. The number of likely N-dealkylation sites (tertiary alicyclic amines) is 1. The number of carbonyl (C=O) groups is 3. The first kappa shape index (κ1) is 21.4. The Hall–Kier alpha value is -3.35. The van der Waals surface area contributed by atoms with Crippen LogP contribution in [-0.4, -0.2) is 42.9 Å². The molecule has 1 N–H and O–H groups in total. The molecule has 1 unspecified atom stereocenters. The number of anilines is 1. The summed E-state index contributed by atoms with van der Waals surface area (Å²) in [6.45, 7) is 0.370. The monoisotopic (exact) mass is 410 g/mol. The van der Waals surface area contributed by atoms with Gasteiger partial charge in [0.25, 0.3) is 5.91 Å². The molecule has 30 heavy (non-hydrogen) atoms. The molecule has 0 radical (unpaired) electrons. The van der Waals surface area contributed by atoms with Crippen LogP contribution in [0.5, 0.6) is 5.75 Å². The van der Waals surface area contributed by atoms with Crippen molar-refractivity contribution < 1.29 is 23.9 Å². The van der Waals surface area contributed by atoms with E-state index in [-0.39, 0.29) is 12.5 Å². The minimum Gasteiger partial charge on any atom is -0.497 e. The quantitative estimate of drug-likeness (QED) is 0.708. The number of hydrogen-bond donors (Lipinski definition) is 1. The Morgan fingerprint density at radius 2 is 1.87 bits per heavy atom. The van der Waals surface area contributed by atoms with Gasteiger partial charge in [0.05, 0.1) is 7.11 Å². The number of carbonyl (C=O) groups excluding carboxylic acids is 3. The van der Waals surface area contributed by atoms with Crippen LogP contribution in [0.3, 0.4) is 0 Å². The van der Waals surface area contributed by atoms with Crippen molar-refractivity contribution in [2.45, 2.75) is 31.8 Å². The van der Waals surface area contributed by atoms with Gasteiger partial charge in [-0.15, -0.1) is 0 Å². The summed E-state index contributed by atoms with van der Waals surface area (Å²) < 4.78 is 10.7. The van der Waals surface area contributed by atoms with Gasteiger partial charge >= 0.3 is 5.97 Å². The molecule has 1 aliphatic rings. The second-order valence-corrected chi connectivity index (χ2v) is 7.13. The molecule has 1 aliphatic heterocycles. The minimum absolute atomic E-state index is 0.0541. The van der Waals surface area contributed by atoms with Crippen LogP contribution in [0, 0.1) is 0 Å². The van der Waals surface area contributed by atoms with Crippen molar-refractivity contribution in [1.82, 2.24) is 4.90 Å². The Balaban J connectivity index is 1.72. The zero-order valence-corrected chi connectivity index (χ0v) is 17.0. The van der Waals surface area contributed by atoms with Crippen molar-refractivity contribution in [1.29, 1.82) is 0 Å². The predicted octanol–water partition coefficient (Wildman–Crippen LogP) is 3.32. The molecule has 2 aromatic rings. The van der Waals surface area contributed by atoms with E-state index in [0.29, 0.717) is 30.0 Å². The number of hydrogen-bond acceptors (Lipinski definition) is 5. The van der Waals surface area contributed by atoms with Crippen LogP contribution in [0.4, 0.5) is 5.69 Å².